The number of nitrogens with two attached hydrogens (primary N) is 1. The van der Waals surface area contributed by atoms with E-state index in [-0.39, 0.29) is 11.3 Å². The van der Waals surface area contributed by atoms with Crippen LogP contribution in [0.5, 0.6) is 11.5 Å². The summed E-state index contributed by atoms with van der Waals surface area (Å²) in [7, 11) is 2.80. The van der Waals surface area contributed by atoms with Gasteiger partial charge in [0.25, 0.3) is 0 Å². The maximum Gasteiger partial charge on any atom is 0.339 e. The van der Waals surface area contributed by atoms with Crippen molar-refractivity contribution in [3.05, 3.63) is 17.7 Å². The summed E-state index contributed by atoms with van der Waals surface area (Å²) in [6, 6.07) is 2.83. The van der Waals surface area contributed by atoms with Gasteiger partial charge in [-0.25, -0.2) is 4.79 Å². The van der Waals surface area contributed by atoms with Crippen LogP contribution in [0.4, 0.5) is 5.69 Å². The molecule has 0 heterocycles. The Morgan fingerprint density at radius 2 is 2.00 bits per heavy atom. The van der Waals surface area contributed by atoms with Crippen molar-refractivity contribution in [2.45, 2.75) is 0 Å². The van der Waals surface area contributed by atoms with Crippen molar-refractivity contribution >= 4 is 11.7 Å². The zero-order valence-corrected chi connectivity index (χ0v) is 7.90. The SMILES string of the molecule is COc1cc(N)cc(C(=O)O)c1OC. The smallest absolute Gasteiger partial charge is 0.339 e. The van der Waals surface area contributed by atoms with Gasteiger partial charge in [0.2, 0.25) is 0 Å². The van der Waals surface area contributed by atoms with Crippen molar-refractivity contribution in [2.75, 3.05) is 20.0 Å². The first-order chi connectivity index (χ1) is 6.60. The Kier molecular flexibility index (Phi) is 2.81. The van der Waals surface area contributed by atoms with Crippen LogP contribution in [0.25, 0.3) is 0 Å². The molecule has 0 unspecified atom stereocenters. The van der Waals surface area contributed by atoms with Gasteiger partial charge in [0, 0.05) is 11.8 Å². The molecule has 0 aromatic heterocycles. The number of aromatic carboxylic acids is 1. The second kappa shape index (κ2) is 3.87. The molecule has 1 aromatic carbocycles. The Balaban J connectivity index is 3.39. The molecule has 0 bridgehead atoms. The lowest BCUT2D eigenvalue weighted by atomic mass is 10.1. The summed E-state index contributed by atoms with van der Waals surface area (Å²) in [6.45, 7) is 0. The minimum absolute atomic E-state index is 0.00986. The number of hydrogen-bond acceptors (Lipinski definition) is 4. The normalized spacial score (nSPS) is 9.57. The van der Waals surface area contributed by atoms with Crippen molar-refractivity contribution in [1.29, 1.82) is 0 Å². The van der Waals surface area contributed by atoms with Crippen LogP contribution in [-0.4, -0.2) is 25.3 Å². The Bertz CT molecular complexity index is 362. The van der Waals surface area contributed by atoms with Gasteiger partial charge in [-0.15, -0.1) is 0 Å². The molecule has 1 rings (SSSR count). The molecule has 0 spiro atoms. The van der Waals surface area contributed by atoms with E-state index in [4.69, 9.17) is 20.3 Å². The average Bonchev–Trinajstić information content (AvgIpc) is 2.16. The van der Waals surface area contributed by atoms with Crippen LogP contribution in [0.3, 0.4) is 0 Å². The molecule has 5 nitrogen and oxygen atoms in total. The number of nitrogen functional groups attached to an aromatic ring is 1. The summed E-state index contributed by atoms with van der Waals surface area (Å²) in [4.78, 5) is 10.8. The topological polar surface area (TPSA) is 81.8 Å². The van der Waals surface area contributed by atoms with Gasteiger partial charge in [0.05, 0.1) is 14.2 Å². The molecule has 0 amide bonds. The Morgan fingerprint density at radius 3 is 2.43 bits per heavy atom. The van der Waals surface area contributed by atoms with E-state index in [2.05, 4.69) is 0 Å². The van der Waals surface area contributed by atoms with Crippen LogP contribution in [0.1, 0.15) is 10.4 Å². The second-order valence-corrected chi connectivity index (χ2v) is 2.61. The van der Waals surface area contributed by atoms with Crippen LogP contribution >= 0.6 is 0 Å². The van der Waals surface area contributed by atoms with Crippen LogP contribution in [0.15, 0.2) is 12.1 Å². The lowest BCUT2D eigenvalue weighted by Crippen LogP contribution is -2.03. The molecular formula is C9H11NO4. The van der Waals surface area contributed by atoms with Crippen LogP contribution in [0.2, 0.25) is 0 Å². The second-order valence-electron chi connectivity index (χ2n) is 2.61. The van der Waals surface area contributed by atoms with E-state index in [1.807, 2.05) is 0 Å². The highest BCUT2D eigenvalue weighted by molar-refractivity contribution is 5.93. The lowest BCUT2D eigenvalue weighted by molar-refractivity contribution is 0.0692. The van der Waals surface area contributed by atoms with Gasteiger partial charge < -0.3 is 20.3 Å². The number of carbonyl (C=O) groups is 1. The molecule has 1 aromatic rings. The Hall–Kier alpha value is -1.91. The molecule has 0 fully saturated rings. The number of anilines is 1. The minimum Gasteiger partial charge on any atom is -0.493 e. The van der Waals surface area contributed by atoms with Crippen molar-refractivity contribution in [2.24, 2.45) is 0 Å². The molecule has 5 heteroatoms. The van der Waals surface area contributed by atoms with Gasteiger partial charge in [0.15, 0.2) is 11.5 Å². The molecular weight excluding hydrogens is 186 g/mol. The molecule has 0 aliphatic carbocycles. The fourth-order valence-electron chi connectivity index (χ4n) is 1.14. The van der Waals surface area contributed by atoms with Crippen LogP contribution < -0.4 is 15.2 Å². The Labute approximate surface area is 81.0 Å². The number of rotatable bonds is 3. The summed E-state index contributed by atoms with van der Waals surface area (Å²) in [5.41, 5.74) is 5.81. The highest BCUT2D eigenvalue weighted by atomic mass is 16.5. The van der Waals surface area contributed by atoms with Crippen molar-refractivity contribution in [1.82, 2.24) is 0 Å². The Morgan fingerprint density at radius 1 is 1.36 bits per heavy atom. The number of benzene rings is 1. The van der Waals surface area contributed by atoms with E-state index in [0.717, 1.165) is 0 Å². The molecule has 3 N–H and O–H groups in total. The molecule has 0 aliphatic heterocycles. The van der Waals surface area contributed by atoms with Gasteiger partial charge in [-0.05, 0) is 6.07 Å². The van der Waals surface area contributed by atoms with Crippen molar-refractivity contribution in [3.63, 3.8) is 0 Å². The first-order valence-corrected chi connectivity index (χ1v) is 3.85. The third kappa shape index (κ3) is 1.71. The molecule has 76 valence electrons. The summed E-state index contributed by atoms with van der Waals surface area (Å²) in [6.07, 6.45) is 0. The zero-order valence-electron chi connectivity index (χ0n) is 7.90. The fraction of sp³-hybridized carbons (Fsp3) is 0.222. The summed E-state index contributed by atoms with van der Waals surface area (Å²) >= 11 is 0. The fourth-order valence-corrected chi connectivity index (χ4v) is 1.14. The van der Waals surface area contributed by atoms with Crippen molar-refractivity contribution in [3.8, 4) is 11.5 Å². The van der Waals surface area contributed by atoms with Gasteiger partial charge in [-0.3, -0.25) is 0 Å². The van der Waals surface area contributed by atoms with Gasteiger partial charge >= 0.3 is 5.97 Å². The van der Waals surface area contributed by atoms with E-state index < -0.39 is 5.97 Å². The molecule has 0 aliphatic rings. The average molecular weight is 197 g/mol. The summed E-state index contributed by atoms with van der Waals surface area (Å²) < 4.78 is 9.86. The lowest BCUT2D eigenvalue weighted by Gasteiger charge is -2.10. The zero-order chi connectivity index (χ0) is 10.7. The third-order valence-corrected chi connectivity index (χ3v) is 1.73. The molecule has 0 radical (unpaired) electrons. The summed E-state index contributed by atoms with van der Waals surface area (Å²) in [5, 5.41) is 8.85. The summed E-state index contributed by atoms with van der Waals surface area (Å²) in [5.74, 6) is -0.619. The van der Waals surface area contributed by atoms with E-state index >= 15 is 0 Å². The predicted molar refractivity (Wildman–Crippen MR) is 50.9 cm³/mol. The molecule has 0 saturated heterocycles. The first-order valence-electron chi connectivity index (χ1n) is 3.85. The predicted octanol–water partition coefficient (Wildman–Crippen LogP) is 0.984. The van der Waals surface area contributed by atoms with E-state index in [1.54, 1.807) is 0 Å². The highest BCUT2D eigenvalue weighted by Gasteiger charge is 2.16. The first kappa shape index (κ1) is 10.2. The van der Waals surface area contributed by atoms with E-state index in [1.165, 1.54) is 26.4 Å². The van der Waals surface area contributed by atoms with Gasteiger partial charge in [-0.1, -0.05) is 0 Å². The van der Waals surface area contributed by atoms with Crippen LogP contribution in [0, 0.1) is 0 Å². The number of ether oxygens (including phenoxy) is 2. The molecule has 14 heavy (non-hydrogen) atoms. The van der Waals surface area contributed by atoms with Gasteiger partial charge in [-0.2, -0.15) is 0 Å². The number of methoxy groups -OCH3 is 2. The number of carboxylic acids is 1. The van der Waals surface area contributed by atoms with Gasteiger partial charge in [0.1, 0.15) is 5.56 Å². The van der Waals surface area contributed by atoms with Crippen molar-refractivity contribution < 1.29 is 19.4 Å². The standard InChI is InChI=1S/C9H11NO4/c1-13-7-4-5(10)3-6(9(11)12)8(7)14-2/h3-4H,10H2,1-2H3,(H,11,12). The maximum atomic E-state index is 10.8. The van der Waals surface area contributed by atoms with E-state index in [0.29, 0.717) is 11.4 Å². The third-order valence-electron chi connectivity index (χ3n) is 1.73. The molecule has 0 saturated carbocycles. The largest absolute Gasteiger partial charge is 0.493 e. The van der Waals surface area contributed by atoms with Crippen LogP contribution in [-0.2, 0) is 0 Å². The minimum atomic E-state index is -1.10. The monoisotopic (exact) mass is 197 g/mol. The number of carboxylic acid groups (broad SMARTS) is 1. The maximum absolute atomic E-state index is 10.8. The highest BCUT2D eigenvalue weighted by Crippen LogP contribution is 2.33. The quantitative estimate of drug-likeness (QED) is 0.706. The molecule has 0 atom stereocenters. The van der Waals surface area contributed by atoms with E-state index in [9.17, 15) is 4.79 Å². The number of hydrogen-bond donors (Lipinski definition) is 2.